The highest BCUT2D eigenvalue weighted by Crippen LogP contribution is 2.25. The van der Waals surface area contributed by atoms with Gasteiger partial charge in [-0.2, -0.15) is 0 Å². The average Bonchev–Trinajstić information content (AvgIpc) is 2.39. The quantitative estimate of drug-likeness (QED) is 0.906. The molecular formula is C16H24N2O. The van der Waals surface area contributed by atoms with Crippen molar-refractivity contribution in [1.29, 1.82) is 0 Å². The van der Waals surface area contributed by atoms with Gasteiger partial charge in [-0.15, -0.1) is 0 Å². The monoisotopic (exact) mass is 260 g/mol. The molecule has 0 radical (unpaired) electrons. The lowest BCUT2D eigenvalue weighted by molar-refractivity contribution is -0.136. The molecule has 104 valence electrons. The highest BCUT2D eigenvalue weighted by molar-refractivity contribution is 5.77. The number of hydrogen-bond acceptors (Lipinski definition) is 2. The van der Waals surface area contributed by atoms with Gasteiger partial charge in [0.25, 0.3) is 0 Å². The summed E-state index contributed by atoms with van der Waals surface area (Å²) >= 11 is 0. The van der Waals surface area contributed by atoms with E-state index in [-0.39, 0.29) is 11.9 Å². The molecule has 1 saturated heterocycles. The van der Waals surface area contributed by atoms with E-state index in [9.17, 15) is 4.79 Å². The lowest BCUT2D eigenvalue weighted by Crippen LogP contribution is -2.53. The summed E-state index contributed by atoms with van der Waals surface area (Å²) in [5.74, 6) is 0.686. The molecule has 2 rings (SSSR count). The van der Waals surface area contributed by atoms with Gasteiger partial charge in [0.1, 0.15) is 0 Å². The molecule has 2 unspecified atom stereocenters. The number of carbonyl (C=O) groups is 1. The summed E-state index contributed by atoms with van der Waals surface area (Å²) in [7, 11) is 0. The van der Waals surface area contributed by atoms with E-state index >= 15 is 0 Å². The van der Waals surface area contributed by atoms with Gasteiger partial charge in [-0.25, -0.2) is 0 Å². The summed E-state index contributed by atoms with van der Waals surface area (Å²) in [6.45, 7) is 7.97. The second kappa shape index (κ2) is 6.20. The summed E-state index contributed by atoms with van der Waals surface area (Å²) < 4.78 is 0. The molecule has 1 aromatic carbocycles. The van der Waals surface area contributed by atoms with Crippen molar-refractivity contribution < 1.29 is 4.79 Å². The van der Waals surface area contributed by atoms with Crippen molar-refractivity contribution in [2.45, 2.75) is 39.3 Å². The van der Waals surface area contributed by atoms with Crippen LogP contribution in [0.4, 0.5) is 0 Å². The Hall–Kier alpha value is -1.35. The van der Waals surface area contributed by atoms with Crippen LogP contribution in [-0.2, 0) is 4.79 Å². The Morgan fingerprint density at radius 2 is 2.05 bits per heavy atom. The largest absolute Gasteiger partial charge is 0.333 e. The summed E-state index contributed by atoms with van der Waals surface area (Å²) in [6, 6.07) is 10.9. The standard InChI is InChI=1S/C16H24N2O/c1-12(2)9-16(19)18-11-13(3)17-10-15(18)14-7-5-4-6-8-14/h4-8,12-13,15,17H,9-11H2,1-3H3. The molecule has 3 heteroatoms. The number of nitrogens with zero attached hydrogens (tertiary/aromatic N) is 1. The number of rotatable bonds is 3. The molecule has 1 aromatic rings. The molecule has 1 N–H and O–H groups in total. The van der Waals surface area contributed by atoms with E-state index in [1.165, 1.54) is 5.56 Å². The fraction of sp³-hybridized carbons (Fsp3) is 0.562. The molecule has 1 heterocycles. The van der Waals surface area contributed by atoms with Gasteiger partial charge < -0.3 is 10.2 Å². The van der Waals surface area contributed by atoms with E-state index in [0.717, 1.165) is 13.1 Å². The first-order valence-corrected chi connectivity index (χ1v) is 7.15. The topological polar surface area (TPSA) is 32.3 Å². The molecule has 0 spiro atoms. The SMILES string of the molecule is CC(C)CC(=O)N1CC(C)NCC1c1ccccc1. The third-order valence-corrected chi connectivity index (χ3v) is 3.59. The minimum absolute atomic E-state index is 0.170. The zero-order valence-electron chi connectivity index (χ0n) is 12.1. The Morgan fingerprint density at radius 1 is 1.37 bits per heavy atom. The predicted octanol–water partition coefficient (Wildman–Crippen LogP) is 2.59. The van der Waals surface area contributed by atoms with Crippen LogP contribution in [0.25, 0.3) is 0 Å². The van der Waals surface area contributed by atoms with E-state index in [0.29, 0.717) is 18.4 Å². The van der Waals surface area contributed by atoms with E-state index in [4.69, 9.17) is 0 Å². The molecule has 1 aliphatic rings. The van der Waals surface area contributed by atoms with Crippen molar-refractivity contribution in [2.24, 2.45) is 5.92 Å². The van der Waals surface area contributed by atoms with Crippen molar-refractivity contribution in [2.75, 3.05) is 13.1 Å². The first kappa shape index (κ1) is 14.1. The van der Waals surface area contributed by atoms with Gasteiger partial charge in [0.15, 0.2) is 0 Å². The molecular weight excluding hydrogens is 236 g/mol. The summed E-state index contributed by atoms with van der Waals surface area (Å²) in [6.07, 6.45) is 0.635. The average molecular weight is 260 g/mol. The van der Waals surface area contributed by atoms with Gasteiger partial charge >= 0.3 is 0 Å². The molecule has 0 saturated carbocycles. The van der Waals surface area contributed by atoms with Crippen LogP contribution in [0.15, 0.2) is 30.3 Å². The van der Waals surface area contributed by atoms with Crippen LogP contribution < -0.4 is 5.32 Å². The first-order chi connectivity index (χ1) is 9.08. The molecule has 1 amide bonds. The van der Waals surface area contributed by atoms with Gasteiger partial charge in [0.2, 0.25) is 5.91 Å². The van der Waals surface area contributed by atoms with Crippen LogP contribution in [0.1, 0.15) is 38.8 Å². The highest BCUT2D eigenvalue weighted by atomic mass is 16.2. The molecule has 3 nitrogen and oxygen atoms in total. The minimum Gasteiger partial charge on any atom is -0.333 e. The molecule has 19 heavy (non-hydrogen) atoms. The maximum absolute atomic E-state index is 12.4. The Bertz CT molecular complexity index is 416. The van der Waals surface area contributed by atoms with Crippen molar-refractivity contribution in [3.05, 3.63) is 35.9 Å². The minimum atomic E-state index is 0.170. The molecule has 0 aliphatic carbocycles. The molecule has 1 fully saturated rings. The number of piperazine rings is 1. The highest BCUT2D eigenvalue weighted by Gasteiger charge is 2.30. The summed E-state index contributed by atoms with van der Waals surface area (Å²) in [5.41, 5.74) is 1.22. The van der Waals surface area contributed by atoms with E-state index < -0.39 is 0 Å². The second-order valence-corrected chi connectivity index (χ2v) is 5.88. The van der Waals surface area contributed by atoms with E-state index in [1.807, 2.05) is 18.2 Å². The first-order valence-electron chi connectivity index (χ1n) is 7.15. The second-order valence-electron chi connectivity index (χ2n) is 5.88. The Labute approximate surface area is 116 Å². The third-order valence-electron chi connectivity index (χ3n) is 3.59. The maximum atomic E-state index is 12.4. The number of carbonyl (C=O) groups excluding carboxylic acids is 1. The van der Waals surface area contributed by atoms with Crippen LogP contribution in [-0.4, -0.2) is 29.9 Å². The molecule has 1 aliphatic heterocycles. The van der Waals surface area contributed by atoms with E-state index in [1.54, 1.807) is 0 Å². The number of benzene rings is 1. The normalized spacial score (nSPS) is 23.7. The summed E-state index contributed by atoms with van der Waals surface area (Å²) in [5, 5.41) is 3.47. The van der Waals surface area contributed by atoms with Crippen molar-refractivity contribution in [3.8, 4) is 0 Å². The van der Waals surface area contributed by atoms with Crippen LogP contribution in [0.3, 0.4) is 0 Å². The zero-order valence-corrected chi connectivity index (χ0v) is 12.1. The maximum Gasteiger partial charge on any atom is 0.223 e. The molecule has 0 aromatic heterocycles. The smallest absolute Gasteiger partial charge is 0.223 e. The number of hydrogen-bond donors (Lipinski definition) is 1. The lowest BCUT2D eigenvalue weighted by Gasteiger charge is -2.40. The fourth-order valence-corrected chi connectivity index (χ4v) is 2.62. The Balaban J connectivity index is 2.17. The predicted molar refractivity (Wildman–Crippen MR) is 77.8 cm³/mol. The van der Waals surface area contributed by atoms with Crippen LogP contribution in [0.2, 0.25) is 0 Å². The number of nitrogens with one attached hydrogen (secondary N) is 1. The number of amides is 1. The van der Waals surface area contributed by atoms with E-state index in [2.05, 4.69) is 43.1 Å². The fourth-order valence-electron chi connectivity index (χ4n) is 2.62. The lowest BCUT2D eigenvalue weighted by atomic mass is 9.99. The molecule has 0 bridgehead atoms. The van der Waals surface area contributed by atoms with Crippen molar-refractivity contribution in [3.63, 3.8) is 0 Å². The molecule has 2 atom stereocenters. The van der Waals surface area contributed by atoms with Gasteiger partial charge in [-0.3, -0.25) is 4.79 Å². The van der Waals surface area contributed by atoms with Crippen molar-refractivity contribution in [1.82, 2.24) is 10.2 Å². The zero-order chi connectivity index (χ0) is 13.8. The van der Waals surface area contributed by atoms with Gasteiger partial charge in [0, 0.05) is 25.6 Å². The van der Waals surface area contributed by atoms with Gasteiger partial charge in [0.05, 0.1) is 6.04 Å². The Morgan fingerprint density at radius 3 is 2.68 bits per heavy atom. The summed E-state index contributed by atoms with van der Waals surface area (Å²) in [4.78, 5) is 14.5. The van der Waals surface area contributed by atoms with Crippen molar-refractivity contribution >= 4 is 5.91 Å². The van der Waals surface area contributed by atoms with Crippen LogP contribution in [0, 0.1) is 5.92 Å². The van der Waals surface area contributed by atoms with Gasteiger partial charge in [-0.1, -0.05) is 44.2 Å². The third kappa shape index (κ3) is 3.57. The van der Waals surface area contributed by atoms with Crippen LogP contribution in [0.5, 0.6) is 0 Å². The Kier molecular flexibility index (Phi) is 4.59. The van der Waals surface area contributed by atoms with Crippen LogP contribution >= 0.6 is 0 Å². The van der Waals surface area contributed by atoms with Gasteiger partial charge in [-0.05, 0) is 18.4 Å².